The van der Waals surface area contributed by atoms with Gasteiger partial charge in [0.2, 0.25) is 0 Å². The third-order valence-electron chi connectivity index (χ3n) is 0. The van der Waals surface area contributed by atoms with Crippen LogP contribution >= 0.6 is 24.0 Å². The maximum Gasteiger partial charge on any atom is 0 e. The smallest absolute Gasteiger partial charge is 0 e. The zero-order chi connectivity index (χ0) is 0. The minimum atomic E-state index is 0. The molecule has 25 valence electrons. The van der Waals surface area contributed by atoms with E-state index in [0.717, 1.165) is 0 Å². The third kappa shape index (κ3) is 8.82. The molecule has 0 heterocycles. The van der Waals surface area contributed by atoms with Gasteiger partial charge in [-0.25, -0.2) is 0 Å². The average molecular weight is 263 g/mol. The second-order valence-electron chi connectivity index (χ2n) is 0. The van der Waals surface area contributed by atoms with Crippen molar-refractivity contribution in [2.24, 2.45) is 0 Å². The first-order valence-electron chi connectivity index (χ1n) is 0. The zero-order valence-electron chi connectivity index (χ0n) is 1.85. The van der Waals surface area contributed by atoms with Crippen LogP contribution in [0.2, 0.25) is 0 Å². The summed E-state index contributed by atoms with van der Waals surface area (Å²) in [7, 11) is 0. The predicted octanol–water partition coefficient (Wildman–Crippen LogP) is 0.232. The molecule has 0 atom stereocenters. The van der Waals surface area contributed by atoms with E-state index in [0.29, 0.717) is 0 Å². The van der Waals surface area contributed by atoms with E-state index >= 15 is 0 Å². The Morgan fingerprint density at radius 1 is 1.00 bits per heavy atom. The van der Waals surface area contributed by atoms with Crippen molar-refractivity contribution in [2.45, 2.75) is 0 Å². The van der Waals surface area contributed by atoms with Crippen molar-refractivity contribution in [3.8, 4) is 0 Å². The minimum Gasteiger partial charge on any atom is -0.107 e. The molecule has 0 rings (SSSR count). The van der Waals surface area contributed by atoms with Crippen LogP contribution in [-0.2, 0) is 34.1 Å². The molecule has 0 N–H and O–H groups in total. The van der Waals surface area contributed by atoms with Crippen molar-refractivity contribution >= 4 is 47.0 Å². The first-order valence-corrected chi connectivity index (χ1v) is 0. The van der Waals surface area contributed by atoms with Gasteiger partial charge in [-0.15, -0.1) is 24.0 Å². The summed E-state index contributed by atoms with van der Waals surface area (Å²) in [5.74, 6) is 0. The molecule has 0 aromatic rings. The molecule has 0 unspecified atom stereocenters. The summed E-state index contributed by atoms with van der Waals surface area (Å²) in [4.78, 5) is 0. The van der Waals surface area contributed by atoms with Crippen molar-refractivity contribution in [2.75, 3.05) is 0 Å². The first kappa shape index (κ1) is 31.2. The Morgan fingerprint density at radius 2 is 1.00 bits per heavy atom. The summed E-state index contributed by atoms with van der Waals surface area (Å²) >= 11 is 0. The van der Waals surface area contributed by atoms with Gasteiger partial charge in [-0.05, 0) is 0 Å². The molecule has 0 amide bonds. The second-order valence-corrected chi connectivity index (χ2v) is 0. The van der Waals surface area contributed by atoms with Gasteiger partial charge >= 0.3 is 0 Å². The fourth-order valence-corrected chi connectivity index (χ4v) is 0. The van der Waals surface area contributed by atoms with Crippen molar-refractivity contribution in [1.29, 1.82) is 0 Å². The van der Waals surface area contributed by atoms with Gasteiger partial charge in [0, 0.05) is 57.2 Å². The molecule has 0 bridgehead atoms. The largest absolute Gasteiger partial charge is 0.107 e. The molecular formula is HFeIMgMn. The summed E-state index contributed by atoms with van der Waals surface area (Å²) in [6.45, 7) is 0. The fraction of sp³-hybridized carbons (Fsp3) is 0. The van der Waals surface area contributed by atoms with Crippen molar-refractivity contribution < 1.29 is 34.1 Å². The van der Waals surface area contributed by atoms with Crippen LogP contribution in [0.3, 0.4) is 0 Å². The van der Waals surface area contributed by atoms with E-state index in [1.165, 1.54) is 0 Å². The van der Waals surface area contributed by atoms with Crippen molar-refractivity contribution in [3.05, 3.63) is 0 Å². The maximum absolute atomic E-state index is 0. The van der Waals surface area contributed by atoms with Crippen LogP contribution in [0.4, 0.5) is 0 Å². The van der Waals surface area contributed by atoms with Crippen molar-refractivity contribution in [3.63, 3.8) is 0 Å². The standard InChI is InChI=1S/Fe.HI.Mg.Mn/h;1H;;. The quantitative estimate of drug-likeness (QED) is 0.433. The molecular weight excluding hydrogens is 262 g/mol. The normalized spacial score (nSPS) is 0. The van der Waals surface area contributed by atoms with Crippen LogP contribution < -0.4 is 0 Å². The SMILES string of the molecule is I.[Fe].[Mg].[Mn]. The van der Waals surface area contributed by atoms with E-state index in [9.17, 15) is 0 Å². The molecule has 0 spiro atoms. The molecule has 4 heteroatoms. The molecule has 0 saturated carbocycles. The Hall–Kier alpha value is 2.54. The van der Waals surface area contributed by atoms with E-state index in [1.807, 2.05) is 0 Å². The molecule has 0 aliphatic rings. The number of hydrogen-bond acceptors (Lipinski definition) is 0. The van der Waals surface area contributed by atoms with Crippen LogP contribution in [0, 0.1) is 0 Å². The summed E-state index contributed by atoms with van der Waals surface area (Å²) in [5, 5.41) is 0. The van der Waals surface area contributed by atoms with E-state index in [2.05, 4.69) is 0 Å². The first-order chi connectivity index (χ1) is 0. The Kier molecular flexibility index (Phi) is 138. The molecule has 3 radical (unpaired) electrons. The minimum absolute atomic E-state index is 0. The Morgan fingerprint density at radius 3 is 1.00 bits per heavy atom. The zero-order valence-corrected chi connectivity index (χ0v) is 7.88. The molecule has 0 saturated heterocycles. The number of hydrogen-bond donors (Lipinski definition) is 0. The van der Waals surface area contributed by atoms with Gasteiger partial charge in [0.25, 0.3) is 0 Å². The summed E-state index contributed by atoms with van der Waals surface area (Å²) in [5.41, 5.74) is 0. The van der Waals surface area contributed by atoms with E-state index in [4.69, 9.17) is 0 Å². The molecule has 0 fully saturated rings. The topological polar surface area (TPSA) is 0 Å². The van der Waals surface area contributed by atoms with Gasteiger partial charge in [-0.2, -0.15) is 0 Å². The van der Waals surface area contributed by atoms with Gasteiger partial charge in [0.15, 0.2) is 0 Å². The van der Waals surface area contributed by atoms with Crippen LogP contribution in [0.25, 0.3) is 0 Å². The third-order valence-corrected chi connectivity index (χ3v) is 0. The van der Waals surface area contributed by atoms with Crippen molar-refractivity contribution in [1.82, 2.24) is 0 Å². The summed E-state index contributed by atoms with van der Waals surface area (Å²) in [6, 6.07) is 0. The van der Waals surface area contributed by atoms with E-state index < -0.39 is 0 Å². The molecule has 0 aliphatic heterocycles. The van der Waals surface area contributed by atoms with Gasteiger partial charge < -0.3 is 0 Å². The summed E-state index contributed by atoms with van der Waals surface area (Å²) in [6.07, 6.45) is 0. The monoisotopic (exact) mass is 263 g/mol. The molecule has 0 nitrogen and oxygen atoms in total. The van der Waals surface area contributed by atoms with Crippen LogP contribution in [0.15, 0.2) is 0 Å². The molecule has 0 aromatic carbocycles. The van der Waals surface area contributed by atoms with Crippen LogP contribution in [-0.4, -0.2) is 23.1 Å². The average Bonchev–Trinajstić information content (AvgIpc) is 0. The van der Waals surface area contributed by atoms with Gasteiger partial charge in [0.05, 0.1) is 0 Å². The van der Waals surface area contributed by atoms with Gasteiger partial charge in [0.1, 0.15) is 0 Å². The molecule has 4 heavy (non-hydrogen) atoms. The maximum atomic E-state index is 0. The van der Waals surface area contributed by atoms with E-state index in [-0.39, 0.29) is 81.2 Å². The summed E-state index contributed by atoms with van der Waals surface area (Å²) < 4.78 is 0. The Bertz CT molecular complexity index is 8.00. The molecule has 0 aromatic heterocycles. The second kappa shape index (κ2) is 17.7. The number of rotatable bonds is 0. The van der Waals surface area contributed by atoms with Gasteiger partial charge in [-0.3, -0.25) is 0 Å². The predicted molar refractivity (Wildman–Crippen MR) is 21.2 cm³/mol. The van der Waals surface area contributed by atoms with Crippen LogP contribution in [0.5, 0.6) is 0 Å². The Labute approximate surface area is 80.0 Å². The number of halogens is 1. The Balaban J connectivity index is 0. The van der Waals surface area contributed by atoms with E-state index in [1.54, 1.807) is 0 Å². The fourth-order valence-electron chi connectivity index (χ4n) is 0. The molecule has 0 aliphatic carbocycles. The van der Waals surface area contributed by atoms with Crippen LogP contribution in [0.1, 0.15) is 0 Å². The van der Waals surface area contributed by atoms with Gasteiger partial charge in [-0.1, -0.05) is 0 Å².